The monoisotopic (exact) mass is 321 g/mol. The summed E-state index contributed by atoms with van der Waals surface area (Å²) in [6.45, 7) is 4.30. The molecular formula is C15H16BrNO2. The number of rotatable bonds is 3. The van der Waals surface area contributed by atoms with E-state index in [0.717, 1.165) is 21.6 Å². The van der Waals surface area contributed by atoms with Gasteiger partial charge in [-0.2, -0.15) is 0 Å². The second kappa shape index (κ2) is 5.61. The molecule has 0 radical (unpaired) electrons. The smallest absolute Gasteiger partial charge is 0.254 e. The van der Waals surface area contributed by atoms with Gasteiger partial charge in [-0.15, -0.1) is 0 Å². The number of hydrogen-bond acceptors (Lipinski definition) is 2. The van der Waals surface area contributed by atoms with Gasteiger partial charge in [-0.25, -0.2) is 0 Å². The SMILES string of the molecule is Cc1ccc(CN(C)C(=O)c2cc(Br)ccc2C)o1. The summed E-state index contributed by atoms with van der Waals surface area (Å²) >= 11 is 3.39. The highest BCUT2D eigenvalue weighted by atomic mass is 79.9. The Morgan fingerprint density at radius 1 is 1.26 bits per heavy atom. The van der Waals surface area contributed by atoms with E-state index in [1.165, 1.54) is 0 Å². The van der Waals surface area contributed by atoms with Crippen LogP contribution in [0.1, 0.15) is 27.4 Å². The van der Waals surface area contributed by atoms with Gasteiger partial charge in [0, 0.05) is 17.1 Å². The van der Waals surface area contributed by atoms with Gasteiger partial charge in [0.1, 0.15) is 11.5 Å². The summed E-state index contributed by atoms with van der Waals surface area (Å²) < 4.78 is 6.40. The van der Waals surface area contributed by atoms with Crippen LogP contribution >= 0.6 is 15.9 Å². The van der Waals surface area contributed by atoms with E-state index in [1.807, 2.05) is 44.2 Å². The van der Waals surface area contributed by atoms with Crippen LogP contribution in [-0.4, -0.2) is 17.9 Å². The molecule has 100 valence electrons. The molecule has 0 unspecified atom stereocenters. The van der Waals surface area contributed by atoms with E-state index < -0.39 is 0 Å². The zero-order chi connectivity index (χ0) is 14.0. The Morgan fingerprint density at radius 2 is 2.00 bits per heavy atom. The van der Waals surface area contributed by atoms with Gasteiger partial charge in [0.15, 0.2) is 0 Å². The quantitative estimate of drug-likeness (QED) is 0.858. The van der Waals surface area contributed by atoms with Crippen molar-refractivity contribution in [2.75, 3.05) is 7.05 Å². The maximum atomic E-state index is 12.4. The van der Waals surface area contributed by atoms with Crippen molar-refractivity contribution in [3.63, 3.8) is 0 Å². The molecule has 0 aliphatic heterocycles. The average molecular weight is 322 g/mol. The normalized spacial score (nSPS) is 10.5. The number of aryl methyl sites for hydroxylation is 2. The van der Waals surface area contributed by atoms with E-state index >= 15 is 0 Å². The molecule has 2 rings (SSSR count). The molecule has 1 heterocycles. The van der Waals surface area contributed by atoms with Gasteiger partial charge in [-0.1, -0.05) is 22.0 Å². The number of nitrogens with zero attached hydrogens (tertiary/aromatic N) is 1. The molecule has 0 atom stereocenters. The molecule has 3 nitrogen and oxygen atoms in total. The van der Waals surface area contributed by atoms with Crippen LogP contribution < -0.4 is 0 Å². The van der Waals surface area contributed by atoms with Crippen molar-refractivity contribution in [2.45, 2.75) is 20.4 Å². The van der Waals surface area contributed by atoms with Crippen molar-refractivity contribution in [1.29, 1.82) is 0 Å². The molecule has 0 fully saturated rings. The highest BCUT2D eigenvalue weighted by Crippen LogP contribution is 2.18. The fourth-order valence-corrected chi connectivity index (χ4v) is 2.27. The van der Waals surface area contributed by atoms with Crippen LogP contribution in [0.2, 0.25) is 0 Å². The molecule has 0 N–H and O–H groups in total. The number of furan rings is 1. The van der Waals surface area contributed by atoms with Crippen LogP contribution in [-0.2, 0) is 6.54 Å². The van der Waals surface area contributed by atoms with Crippen molar-refractivity contribution in [2.24, 2.45) is 0 Å². The van der Waals surface area contributed by atoms with E-state index in [1.54, 1.807) is 11.9 Å². The topological polar surface area (TPSA) is 33.5 Å². The summed E-state index contributed by atoms with van der Waals surface area (Å²) in [5, 5.41) is 0. The molecule has 4 heteroatoms. The van der Waals surface area contributed by atoms with Crippen molar-refractivity contribution >= 4 is 21.8 Å². The zero-order valence-corrected chi connectivity index (χ0v) is 12.8. The van der Waals surface area contributed by atoms with Crippen LogP contribution in [0.15, 0.2) is 39.2 Å². The second-order valence-corrected chi connectivity index (χ2v) is 5.55. The lowest BCUT2D eigenvalue weighted by atomic mass is 10.1. The fourth-order valence-electron chi connectivity index (χ4n) is 1.91. The Kier molecular flexibility index (Phi) is 4.10. The molecule has 1 aromatic carbocycles. The van der Waals surface area contributed by atoms with Crippen molar-refractivity contribution in [1.82, 2.24) is 4.90 Å². The molecule has 0 spiro atoms. The van der Waals surface area contributed by atoms with Crippen LogP contribution in [0.5, 0.6) is 0 Å². The van der Waals surface area contributed by atoms with Crippen LogP contribution in [0.3, 0.4) is 0 Å². The van der Waals surface area contributed by atoms with Gasteiger partial charge < -0.3 is 9.32 Å². The Balaban J connectivity index is 2.16. The summed E-state index contributed by atoms with van der Waals surface area (Å²) in [6, 6.07) is 9.51. The van der Waals surface area contributed by atoms with Crippen LogP contribution in [0.25, 0.3) is 0 Å². The lowest BCUT2D eigenvalue weighted by Crippen LogP contribution is -2.26. The molecule has 0 saturated heterocycles. The van der Waals surface area contributed by atoms with Gasteiger partial charge >= 0.3 is 0 Å². The Bertz CT molecular complexity index is 604. The maximum absolute atomic E-state index is 12.4. The Morgan fingerprint density at radius 3 is 2.63 bits per heavy atom. The average Bonchev–Trinajstić information content (AvgIpc) is 2.77. The van der Waals surface area contributed by atoms with Crippen molar-refractivity contribution in [3.05, 3.63) is 57.5 Å². The number of benzene rings is 1. The van der Waals surface area contributed by atoms with Crippen LogP contribution in [0, 0.1) is 13.8 Å². The third kappa shape index (κ3) is 3.26. The Labute approximate surface area is 121 Å². The van der Waals surface area contributed by atoms with E-state index in [0.29, 0.717) is 12.1 Å². The first-order chi connectivity index (χ1) is 8.97. The van der Waals surface area contributed by atoms with Gasteiger partial charge in [-0.05, 0) is 43.7 Å². The zero-order valence-electron chi connectivity index (χ0n) is 11.2. The maximum Gasteiger partial charge on any atom is 0.254 e. The highest BCUT2D eigenvalue weighted by molar-refractivity contribution is 9.10. The van der Waals surface area contributed by atoms with Gasteiger partial charge in [-0.3, -0.25) is 4.79 Å². The third-order valence-electron chi connectivity index (χ3n) is 2.97. The molecule has 1 aromatic heterocycles. The molecule has 0 aliphatic rings. The number of amides is 1. The Hall–Kier alpha value is -1.55. The van der Waals surface area contributed by atoms with Gasteiger partial charge in [0.2, 0.25) is 0 Å². The number of carbonyl (C=O) groups is 1. The standard InChI is InChI=1S/C15H16BrNO2/c1-10-4-6-12(16)8-14(10)15(18)17(3)9-13-7-5-11(2)19-13/h4-8H,9H2,1-3H3. The van der Waals surface area contributed by atoms with Gasteiger partial charge in [0.25, 0.3) is 5.91 Å². The van der Waals surface area contributed by atoms with Gasteiger partial charge in [0.05, 0.1) is 6.54 Å². The predicted molar refractivity (Wildman–Crippen MR) is 78.1 cm³/mol. The summed E-state index contributed by atoms with van der Waals surface area (Å²) in [5.41, 5.74) is 1.68. The first kappa shape index (κ1) is 13.9. The summed E-state index contributed by atoms with van der Waals surface area (Å²) in [5.74, 6) is 1.64. The molecule has 2 aromatic rings. The fraction of sp³-hybridized carbons (Fsp3) is 0.267. The molecular weight excluding hydrogens is 306 g/mol. The largest absolute Gasteiger partial charge is 0.464 e. The minimum atomic E-state index is -0.00662. The molecule has 1 amide bonds. The number of halogens is 1. The molecule has 0 bridgehead atoms. The summed E-state index contributed by atoms with van der Waals surface area (Å²) in [7, 11) is 1.78. The number of carbonyl (C=O) groups excluding carboxylic acids is 1. The lowest BCUT2D eigenvalue weighted by molar-refractivity contribution is 0.0774. The van der Waals surface area contributed by atoms with Crippen molar-refractivity contribution < 1.29 is 9.21 Å². The third-order valence-corrected chi connectivity index (χ3v) is 3.46. The minimum Gasteiger partial charge on any atom is -0.464 e. The number of hydrogen-bond donors (Lipinski definition) is 0. The molecule has 0 aliphatic carbocycles. The lowest BCUT2D eigenvalue weighted by Gasteiger charge is -2.17. The second-order valence-electron chi connectivity index (χ2n) is 4.63. The molecule has 0 saturated carbocycles. The summed E-state index contributed by atoms with van der Waals surface area (Å²) in [4.78, 5) is 14.1. The van der Waals surface area contributed by atoms with Crippen molar-refractivity contribution in [3.8, 4) is 0 Å². The van der Waals surface area contributed by atoms with E-state index in [-0.39, 0.29) is 5.91 Å². The highest BCUT2D eigenvalue weighted by Gasteiger charge is 2.15. The minimum absolute atomic E-state index is 0.00662. The van der Waals surface area contributed by atoms with E-state index in [9.17, 15) is 4.79 Å². The first-order valence-corrected chi connectivity index (χ1v) is 6.83. The summed E-state index contributed by atoms with van der Waals surface area (Å²) in [6.07, 6.45) is 0. The predicted octanol–water partition coefficient (Wildman–Crippen LogP) is 3.93. The van der Waals surface area contributed by atoms with Crippen LogP contribution in [0.4, 0.5) is 0 Å². The van der Waals surface area contributed by atoms with E-state index in [4.69, 9.17) is 4.42 Å². The van der Waals surface area contributed by atoms with E-state index in [2.05, 4.69) is 15.9 Å². The first-order valence-electron chi connectivity index (χ1n) is 6.04. The molecule has 19 heavy (non-hydrogen) atoms.